The summed E-state index contributed by atoms with van der Waals surface area (Å²) in [6.45, 7) is 7.26. The van der Waals surface area contributed by atoms with Crippen molar-refractivity contribution in [2.24, 2.45) is 0 Å². The molecule has 1 atom stereocenters. The number of nitrogens with zero attached hydrogens (tertiary/aromatic N) is 6. The maximum atomic E-state index is 6.87. The number of rotatable bonds is 7. The van der Waals surface area contributed by atoms with Gasteiger partial charge in [-0.1, -0.05) is 41.9 Å². The second-order valence-corrected chi connectivity index (χ2v) is 11.2. The van der Waals surface area contributed by atoms with Crippen molar-refractivity contribution in [3.8, 4) is 5.75 Å². The van der Waals surface area contributed by atoms with Crippen LogP contribution in [0.25, 0.3) is 0 Å². The number of halogens is 1. The van der Waals surface area contributed by atoms with Crippen LogP contribution in [-0.4, -0.2) is 85.8 Å². The lowest BCUT2D eigenvalue weighted by molar-refractivity contribution is 0.0982. The van der Waals surface area contributed by atoms with Crippen molar-refractivity contribution in [3.63, 3.8) is 0 Å². The van der Waals surface area contributed by atoms with Gasteiger partial charge in [-0.3, -0.25) is 9.74 Å². The number of methoxy groups -OCH3 is 1. The van der Waals surface area contributed by atoms with Gasteiger partial charge in [0.15, 0.2) is 5.82 Å². The lowest BCUT2D eigenvalue weighted by Crippen LogP contribution is -2.52. The molecular formula is C30H38ClN7O2. The molecule has 3 fully saturated rings. The second kappa shape index (κ2) is 12.2. The van der Waals surface area contributed by atoms with Crippen LogP contribution in [0, 0.1) is 0 Å². The Hall–Kier alpha value is -3.11. The van der Waals surface area contributed by atoms with Crippen LogP contribution >= 0.6 is 11.6 Å². The van der Waals surface area contributed by atoms with Crippen LogP contribution < -0.4 is 20.0 Å². The first kappa shape index (κ1) is 27.1. The molecule has 3 saturated heterocycles. The van der Waals surface area contributed by atoms with E-state index < -0.39 is 0 Å². The van der Waals surface area contributed by atoms with Gasteiger partial charge in [0.25, 0.3) is 0 Å². The Morgan fingerprint density at radius 1 is 0.950 bits per heavy atom. The van der Waals surface area contributed by atoms with Crippen molar-refractivity contribution in [2.75, 3.05) is 75.3 Å². The van der Waals surface area contributed by atoms with Crippen molar-refractivity contribution in [1.29, 1.82) is 0 Å². The first-order valence-corrected chi connectivity index (χ1v) is 14.6. The fourth-order valence-electron chi connectivity index (χ4n) is 6.06. The summed E-state index contributed by atoms with van der Waals surface area (Å²) in [5.41, 5.74) is 2.97. The highest BCUT2D eigenvalue weighted by Gasteiger charge is 2.30. The van der Waals surface area contributed by atoms with Gasteiger partial charge in [-0.15, -0.1) is 0 Å². The molecule has 2 aromatic carbocycles. The minimum absolute atomic E-state index is 0.104. The molecule has 40 heavy (non-hydrogen) atoms. The zero-order valence-electron chi connectivity index (χ0n) is 23.3. The van der Waals surface area contributed by atoms with Gasteiger partial charge in [0.05, 0.1) is 36.2 Å². The highest BCUT2D eigenvalue weighted by Crippen LogP contribution is 2.40. The van der Waals surface area contributed by atoms with Crippen LogP contribution in [0.5, 0.6) is 5.75 Å². The minimum atomic E-state index is 0.104. The Bertz CT molecular complexity index is 1280. The maximum absolute atomic E-state index is 6.87. The van der Waals surface area contributed by atoms with E-state index in [1.165, 1.54) is 5.56 Å². The van der Waals surface area contributed by atoms with Gasteiger partial charge in [-0.05, 0) is 31.5 Å². The van der Waals surface area contributed by atoms with Gasteiger partial charge < -0.3 is 19.9 Å². The quantitative estimate of drug-likeness (QED) is 0.428. The van der Waals surface area contributed by atoms with Gasteiger partial charge >= 0.3 is 0 Å². The Balaban J connectivity index is 1.15. The summed E-state index contributed by atoms with van der Waals surface area (Å²) in [5, 5.41) is 5.97. The third-order valence-corrected chi connectivity index (χ3v) is 8.66. The molecule has 1 aromatic heterocycles. The molecule has 4 heterocycles. The molecule has 0 spiro atoms. The fourth-order valence-corrected chi connectivity index (χ4v) is 6.34. The molecule has 1 unspecified atom stereocenters. The van der Waals surface area contributed by atoms with E-state index >= 15 is 0 Å². The molecule has 3 aromatic rings. The fraction of sp³-hybridized carbons (Fsp3) is 0.467. The van der Waals surface area contributed by atoms with Crippen LogP contribution in [0.2, 0.25) is 5.02 Å². The van der Waals surface area contributed by atoms with Crippen LogP contribution in [0.4, 0.5) is 23.0 Å². The first-order chi connectivity index (χ1) is 19.6. The predicted molar refractivity (Wildman–Crippen MR) is 160 cm³/mol. The first-order valence-electron chi connectivity index (χ1n) is 14.2. The molecule has 0 radical (unpaired) electrons. The topological polar surface area (TPSA) is 69.2 Å². The summed E-state index contributed by atoms with van der Waals surface area (Å²) >= 11 is 6.87. The number of hydrogen-bond acceptors (Lipinski definition) is 9. The lowest BCUT2D eigenvalue weighted by Gasteiger charge is -2.42. The number of piperidine rings is 1. The van der Waals surface area contributed by atoms with Crippen molar-refractivity contribution in [3.05, 3.63) is 65.4 Å². The summed E-state index contributed by atoms with van der Waals surface area (Å²) in [5.74, 6) is 2.07. The highest BCUT2D eigenvalue weighted by atomic mass is 35.5. The van der Waals surface area contributed by atoms with Crippen LogP contribution in [0.15, 0.2) is 54.9 Å². The number of benzene rings is 2. The summed E-state index contributed by atoms with van der Waals surface area (Å²) in [6.07, 6.45) is 4.74. The molecule has 3 aliphatic rings. The van der Waals surface area contributed by atoms with Crippen molar-refractivity contribution < 1.29 is 9.57 Å². The van der Waals surface area contributed by atoms with Crippen molar-refractivity contribution in [1.82, 2.24) is 19.8 Å². The number of nitrogens with one attached hydrogen (secondary N) is 1. The molecule has 0 aliphatic carbocycles. The van der Waals surface area contributed by atoms with Gasteiger partial charge in [-0.25, -0.2) is 15.0 Å². The minimum Gasteiger partial charge on any atom is -0.494 e. The number of hydrogen-bond donors (Lipinski definition) is 1. The lowest BCUT2D eigenvalue weighted by atomic mass is 10.0. The van der Waals surface area contributed by atoms with E-state index in [1.807, 2.05) is 41.5 Å². The van der Waals surface area contributed by atoms with Crippen LogP contribution in [0.1, 0.15) is 30.9 Å². The normalized spacial score (nSPS) is 21.1. The Labute approximate surface area is 241 Å². The molecule has 0 saturated carbocycles. The molecular weight excluding hydrogens is 526 g/mol. The second-order valence-electron chi connectivity index (χ2n) is 10.8. The molecule has 9 nitrogen and oxygen atoms in total. The molecule has 0 bridgehead atoms. The van der Waals surface area contributed by atoms with E-state index in [9.17, 15) is 0 Å². The molecule has 3 aliphatic heterocycles. The summed E-state index contributed by atoms with van der Waals surface area (Å²) < 4.78 is 5.80. The van der Waals surface area contributed by atoms with E-state index in [2.05, 4.69) is 49.2 Å². The van der Waals surface area contributed by atoms with Crippen molar-refractivity contribution in [2.45, 2.75) is 31.3 Å². The number of aromatic nitrogens is 2. The van der Waals surface area contributed by atoms with Crippen LogP contribution in [0.3, 0.4) is 0 Å². The average Bonchev–Trinajstić information content (AvgIpc) is 3.49. The number of ether oxygens (including phenoxy) is 1. The van der Waals surface area contributed by atoms with E-state index in [0.29, 0.717) is 29.3 Å². The Morgan fingerprint density at radius 3 is 2.48 bits per heavy atom. The molecule has 0 amide bonds. The Morgan fingerprint density at radius 2 is 1.73 bits per heavy atom. The third-order valence-electron chi connectivity index (χ3n) is 8.36. The zero-order chi connectivity index (χ0) is 27.5. The molecule has 1 N–H and O–H groups in total. The largest absolute Gasteiger partial charge is 0.494 e. The van der Waals surface area contributed by atoms with Crippen LogP contribution in [-0.2, 0) is 4.84 Å². The third kappa shape index (κ3) is 5.83. The van der Waals surface area contributed by atoms with E-state index in [1.54, 1.807) is 13.4 Å². The Kier molecular flexibility index (Phi) is 8.25. The summed E-state index contributed by atoms with van der Waals surface area (Å²) in [4.78, 5) is 22.4. The number of piperazine rings is 1. The summed E-state index contributed by atoms with van der Waals surface area (Å²) in [6, 6.07) is 17.0. The van der Waals surface area contributed by atoms with Crippen molar-refractivity contribution >= 4 is 34.6 Å². The van der Waals surface area contributed by atoms with Gasteiger partial charge in [0.1, 0.15) is 17.9 Å². The number of likely N-dealkylation sites (N-methyl/N-ethyl adjacent to an activating group) is 1. The zero-order valence-corrected chi connectivity index (χ0v) is 24.1. The molecule has 212 valence electrons. The molecule has 6 rings (SSSR count). The average molecular weight is 564 g/mol. The van der Waals surface area contributed by atoms with E-state index in [-0.39, 0.29) is 6.04 Å². The number of anilines is 4. The van der Waals surface area contributed by atoms with E-state index in [4.69, 9.17) is 21.2 Å². The van der Waals surface area contributed by atoms with Gasteiger partial charge in [0, 0.05) is 63.9 Å². The van der Waals surface area contributed by atoms with Gasteiger partial charge in [-0.2, -0.15) is 0 Å². The smallest absolute Gasteiger partial charge is 0.158 e. The predicted octanol–water partition coefficient (Wildman–Crippen LogP) is 4.98. The highest BCUT2D eigenvalue weighted by molar-refractivity contribution is 6.33. The SMILES string of the molecule is COc1cc(N2CCC(N3CCN(C)CC3)CC2)c(Cl)cc1Nc1cc(N2OCCC2c2ccccc2)ncn1. The number of hydroxylamine groups is 1. The van der Waals surface area contributed by atoms with E-state index in [0.717, 1.165) is 75.7 Å². The standard InChI is InChI=1S/C30H38ClN7O2/c1-35-13-15-36(16-14-35)23-8-11-37(12-9-23)27-19-28(39-2)25(18-24(27)31)34-29-20-30(33-21-32-29)38-26(10-17-40-38)22-6-4-3-5-7-22/h3-7,18-21,23,26H,8-17H2,1-2H3,(H,32,33,34). The summed E-state index contributed by atoms with van der Waals surface area (Å²) in [7, 11) is 3.90. The van der Waals surface area contributed by atoms with Gasteiger partial charge in [0.2, 0.25) is 0 Å². The monoisotopic (exact) mass is 563 g/mol. The maximum Gasteiger partial charge on any atom is 0.158 e. The molecule has 10 heteroatoms.